The van der Waals surface area contributed by atoms with Crippen molar-refractivity contribution in [2.75, 3.05) is 9.80 Å². The molecule has 65 heavy (non-hydrogen) atoms. The highest BCUT2D eigenvalue weighted by Crippen LogP contribution is 2.54. The number of hydrogen-bond acceptors (Lipinski definition) is 3. The van der Waals surface area contributed by atoms with Gasteiger partial charge in [0.15, 0.2) is 0 Å². The van der Waals surface area contributed by atoms with Crippen molar-refractivity contribution in [3.8, 4) is 33.4 Å². The van der Waals surface area contributed by atoms with Crippen LogP contribution in [0.25, 0.3) is 76.9 Å². The van der Waals surface area contributed by atoms with Gasteiger partial charge in [0.1, 0.15) is 11.2 Å². The maximum Gasteiger partial charge on any atom is 0.137 e. The molecule has 0 amide bonds. The van der Waals surface area contributed by atoms with Gasteiger partial charge in [0, 0.05) is 27.9 Å². The summed E-state index contributed by atoms with van der Waals surface area (Å²) >= 11 is 0. The van der Waals surface area contributed by atoms with Crippen LogP contribution in [0.4, 0.5) is 34.1 Å². The maximum atomic E-state index is 6.95. The van der Waals surface area contributed by atoms with Gasteiger partial charge >= 0.3 is 0 Å². The normalized spacial score (nSPS) is 11.4. The molecule has 0 aliphatic heterocycles. The van der Waals surface area contributed by atoms with E-state index in [1.807, 2.05) is 0 Å². The molecule has 0 N–H and O–H groups in total. The van der Waals surface area contributed by atoms with Crippen LogP contribution in [0, 0.1) is 0 Å². The minimum Gasteiger partial charge on any atom is -0.456 e. The quantitative estimate of drug-likeness (QED) is 0.144. The van der Waals surface area contributed by atoms with Gasteiger partial charge in [-0.25, -0.2) is 0 Å². The number of anilines is 6. The molecule has 306 valence electrons. The molecule has 0 saturated carbocycles. The number of para-hydroxylation sites is 3. The lowest BCUT2D eigenvalue weighted by molar-refractivity contribution is 0.669. The van der Waals surface area contributed by atoms with Gasteiger partial charge in [0.25, 0.3) is 0 Å². The summed E-state index contributed by atoms with van der Waals surface area (Å²) < 4.78 is 6.95. The van der Waals surface area contributed by atoms with Crippen LogP contribution in [0.5, 0.6) is 0 Å². The summed E-state index contributed by atoms with van der Waals surface area (Å²) in [6.07, 6.45) is 0. The van der Waals surface area contributed by atoms with Gasteiger partial charge in [-0.05, 0) is 104 Å². The van der Waals surface area contributed by atoms with Crippen molar-refractivity contribution in [2.45, 2.75) is 0 Å². The molecular weight excluding hydrogens is 789 g/mol. The Morgan fingerprint density at radius 1 is 0.277 bits per heavy atom. The average Bonchev–Trinajstić information content (AvgIpc) is 3.75. The molecule has 1 aromatic heterocycles. The molecule has 0 bridgehead atoms. The fourth-order valence-corrected chi connectivity index (χ4v) is 9.63. The molecule has 11 aromatic carbocycles. The van der Waals surface area contributed by atoms with E-state index in [0.717, 1.165) is 89.1 Å². The van der Waals surface area contributed by atoms with E-state index in [1.54, 1.807) is 0 Å². The fourth-order valence-electron chi connectivity index (χ4n) is 9.63. The highest BCUT2D eigenvalue weighted by atomic mass is 16.3. The Morgan fingerprint density at radius 3 is 1.54 bits per heavy atom. The fraction of sp³-hybridized carbons (Fsp3) is 0. The van der Waals surface area contributed by atoms with Gasteiger partial charge < -0.3 is 14.2 Å². The van der Waals surface area contributed by atoms with Crippen LogP contribution in [0.3, 0.4) is 0 Å². The Kier molecular flexibility index (Phi) is 9.50. The minimum absolute atomic E-state index is 0.813. The largest absolute Gasteiger partial charge is 0.456 e. The third-order valence-corrected chi connectivity index (χ3v) is 12.6. The zero-order valence-corrected chi connectivity index (χ0v) is 35.6. The summed E-state index contributed by atoms with van der Waals surface area (Å²) in [7, 11) is 0. The maximum absolute atomic E-state index is 6.95. The molecule has 1 heterocycles. The summed E-state index contributed by atoms with van der Waals surface area (Å²) in [5.41, 5.74) is 14.7. The predicted molar refractivity (Wildman–Crippen MR) is 274 cm³/mol. The molecule has 0 aliphatic rings. The highest BCUT2D eigenvalue weighted by molar-refractivity contribution is 6.20. The van der Waals surface area contributed by atoms with Crippen molar-refractivity contribution < 1.29 is 4.42 Å². The van der Waals surface area contributed by atoms with Gasteiger partial charge in [-0.2, -0.15) is 0 Å². The summed E-state index contributed by atoms with van der Waals surface area (Å²) in [4.78, 5) is 4.91. The van der Waals surface area contributed by atoms with E-state index in [2.05, 4.69) is 265 Å². The number of fused-ring (bicyclic) bond motifs is 5. The second-order valence-electron chi connectivity index (χ2n) is 16.5. The molecule has 3 nitrogen and oxygen atoms in total. The van der Waals surface area contributed by atoms with Crippen LogP contribution in [0.2, 0.25) is 0 Å². The van der Waals surface area contributed by atoms with Gasteiger partial charge in [0.2, 0.25) is 0 Å². The Bertz CT molecular complexity index is 3650. The Labute approximate surface area is 378 Å². The van der Waals surface area contributed by atoms with Crippen LogP contribution in [0.15, 0.2) is 259 Å². The first-order valence-electron chi connectivity index (χ1n) is 22.2. The molecule has 0 radical (unpaired) electrons. The summed E-state index contributed by atoms with van der Waals surface area (Å²) in [6, 6.07) is 91.5. The lowest BCUT2D eigenvalue weighted by Crippen LogP contribution is -2.18. The molecule has 0 saturated heterocycles. The number of rotatable bonds is 9. The summed E-state index contributed by atoms with van der Waals surface area (Å²) in [5, 5.41) is 6.77. The van der Waals surface area contributed by atoms with Crippen molar-refractivity contribution in [3.05, 3.63) is 255 Å². The third-order valence-electron chi connectivity index (χ3n) is 12.6. The summed E-state index contributed by atoms with van der Waals surface area (Å²) in [6.45, 7) is 0. The number of furan rings is 1. The first-order valence-corrected chi connectivity index (χ1v) is 22.2. The van der Waals surface area contributed by atoms with Gasteiger partial charge in [-0.3, -0.25) is 0 Å². The molecule has 12 aromatic rings. The van der Waals surface area contributed by atoms with Crippen LogP contribution in [0.1, 0.15) is 0 Å². The van der Waals surface area contributed by atoms with E-state index >= 15 is 0 Å². The van der Waals surface area contributed by atoms with Crippen molar-refractivity contribution in [3.63, 3.8) is 0 Å². The third kappa shape index (κ3) is 6.78. The molecule has 3 heteroatoms. The highest BCUT2D eigenvalue weighted by Gasteiger charge is 2.30. The van der Waals surface area contributed by atoms with E-state index in [0.29, 0.717) is 0 Å². The van der Waals surface area contributed by atoms with E-state index < -0.39 is 0 Å². The standard InChI is InChI=1S/C62H42N2O/c1-4-19-43(20-5-1)44-35-37-50(38-36-44)63(56-33-16-14-30-52(56)46-21-6-2-7-22-46)58-39-40-59-61(55-41-47-24-10-11-25-48(47)42-60(55)65-59)62(58)64(49-27-8-3-9-28-49)57-34-17-15-31-54(57)53-32-18-26-45-23-12-13-29-51(45)53/h1-42H. The monoisotopic (exact) mass is 830 g/mol. The van der Waals surface area contributed by atoms with Crippen molar-refractivity contribution in [1.29, 1.82) is 0 Å². The molecule has 0 atom stereocenters. The van der Waals surface area contributed by atoms with Crippen molar-refractivity contribution >= 4 is 77.6 Å². The Hall–Kier alpha value is -8.66. The van der Waals surface area contributed by atoms with Crippen molar-refractivity contribution in [1.82, 2.24) is 0 Å². The zero-order chi connectivity index (χ0) is 43.1. The van der Waals surface area contributed by atoms with E-state index in [9.17, 15) is 0 Å². The summed E-state index contributed by atoms with van der Waals surface area (Å²) in [5.74, 6) is 0. The molecule has 0 fully saturated rings. The SMILES string of the molecule is c1ccc(-c2ccc(N(c3ccccc3-c3ccccc3)c3ccc4oc5cc6ccccc6cc5c4c3N(c3ccccc3)c3ccccc3-c3cccc4ccccc34)cc2)cc1. The van der Waals surface area contributed by atoms with E-state index in [4.69, 9.17) is 4.42 Å². The number of benzene rings is 11. The first-order chi connectivity index (χ1) is 32.3. The topological polar surface area (TPSA) is 19.6 Å². The van der Waals surface area contributed by atoms with E-state index in [-0.39, 0.29) is 0 Å². The van der Waals surface area contributed by atoms with Crippen molar-refractivity contribution in [2.24, 2.45) is 0 Å². The average molecular weight is 831 g/mol. The Balaban J connectivity index is 1.22. The number of hydrogen-bond donors (Lipinski definition) is 0. The minimum atomic E-state index is 0.813. The zero-order valence-electron chi connectivity index (χ0n) is 35.6. The van der Waals surface area contributed by atoms with E-state index in [1.165, 1.54) is 21.9 Å². The predicted octanol–water partition coefficient (Wildman–Crippen LogP) is 17.8. The van der Waals surface area contributed by atoms with Gasteiger partial charge in [-0.15, -0.1) is 0 Å². The molecule has 0 spiro atoms. The van der Waals surface area contributed by atoms with Crippen LogP contribution >= 0.6 is 0 Å². The van der Waals surface area contributed by atoms with Crippen LogP contribution < -0.4 is 9.80 Å². The second-order valence-corrected chi connectivity index (χ2v) is 16.5. The van der Waals surface area contributed by atoms with Gasteiger partial charge in [-0.1, -0.05) is 194 Å². The number of nitrogens with zero attached hydrogens (tertiary/aromatic N) is 2. The lowest BCUT2D eigenvalue weighted by atomic mass is 9.95. The lowest BCUT2D eigenvalue weighted by Gasteiger charge is -2.35. The molecule has 12 rings (SSSR count). The Morgan fingerprint density at radius 2 is 0.800 bits per heavy atom. The van der Waals surface area contributed by atoms with Crippen LogP contribution in [-0.2, 0) is 0 Å². The molecular formula is C62H42N2O. The van der Waals surface area contributed by atoms with Crippen LogP contribution in [-0.4, -0.2) is 0 Å². The molecule has 0 aliphatic carbocycles. The van der Waals surface area contributed by atoms with Gasteiger partial charge in [0.05, 0.1) is 28.1 Å². The first kappa shape index (κ1) is 38.0. The molecule has 0 unspecified atom stereocenters. The smallest absolute Gasteiger partial charge is 0.137 e. The second kappa shape index (κ2) is 16.2.